The number of hydrogen-bond acceptors (Lipinski definition) is 6. The molecule has 0 atom stereocenters. The van der Waals surface area contributed by atoms with E-state index in [1.54, 1.807) is 13.8 Å². The zero-order valence-corrected chi connectivity index (χ0v) is 14.2. The van der Waals surface area contributed by atoms with Crippen molar-refractivity contribution >= 4 is 33.4 Å². The second-order valence-electron chi connectivity index (χ2n) is 4.98. The van der Waals surface area contributed by atoms with Crippen molar-refractivity contribution in [2.45, 2.75) is 33.7 Å². The lowest BCUT2D eigenvalue weighted by Crippen LogP contribution is -2.32. The lowest BCUT2D eigenvalue weighted by Gasteiger charge is -2.06. The predicted molar refractivity (Wildman–Crippen MR) is 87.9 cm³/mol. The molecule has 2 aromatic heterocycles. The highest BCUT2D eigenvalue weighted by molar-refractivity contribution is 7.20. The molecule has 2 rings (SSSR count). The van der Waals surface area contributed by atoms with Crippen molar-refractivity contribution in [2.75, 3.05) is 13.2 Å². The molecule has 0 unspecified atom stereocenters. The largest absolute Gasteiger partial charge is 0.462 e. The first-order chi connectivity index (χ1) is 11.0. The number of hydrogen-bond donors (Lipinski definition) is 1. The number of carbonyl (C=O) groups is 2. The van der Waals surface area contributed by atoms with Gasteiger partial charge in [-0.25, -0.2) is 9.78 Å². The van der Waals surface area contributed by atoms with Crippen LogP contribution in [0.3, 0.4) is 0 Å². The van der Waals surface area contributed by atoms with Gasteiger partial charge in [0, 0.05) is 6.54 Å². The highest BCUT2D eigenvalue weighted by atomic mass is 32.1. The van der Waals surface area contributed by atoms with E-state index in [2.05, 4.69) is 10.3 Å². The summed E-state index contributed by atoms with van der Waals surface area (Å²) in [5, 5.41) is 3.08. The van der Waals surface area contributed by atoms with E-state index in [1.165, 1.54) is 10.9 Å². The molecule has 0 radical (unpaired) electrons. The average molecular weight is 337 g/mol. The summed E-state index contributed by atoms with van der Waals surface area (Å²) in [4.78, 5) is 41.3. The minimum Gasteiger partial charge on any atom is -0.462 e. The Morgan fingerprint density at radius 3 is 2.78 bits per heavy atom. The van der Waals surface area contributed by atoms with Gasteiger partial charge in [-0.3, -0.25) is 14.2 Å². The van der Waals surface area contributed by atoms with E-state index in [4.69, 9.17) is 4.74 Å². The van der Waals surface area contributed by atoms with E-state index in [-0.39, 0.29) is 24.6 Å². The van der Waals surface area contributed by atoms with Gasteiger partial charge in [0.05, 0.1) is 18.3 Å². The second-order valence-corrected chi connectivity index (χ2v) is 5.98. The molecule has 23 heavy (non-hydrogen) atoms. The van der Waals surface area contributed by atoms with Crippen LogP contribution in [0.15, 0.2) is 11.1 Å². The Balaban J connectivity index is 2.39. The molecule has 0 bridgehead atoms. The van der Waals surface area contributed by atoms with Gasteiger partial charge in [-0.2, -0.15) is 0 Å². The summed E-state index contributed by atoms with van der Waals surface area (Å²) in [6.45, 7) is 6.10. The second kappa shape index (κ2) is 7.36. The van der Waals surface area contributed by atoms with E-state index in [0.29, 0.717) is 27.2 Å². The Labute approximate surface area is 137 Å². The number of ether oxygens (including phenoxy) is 1. The van der Waals surface area contributed by atoms with Crippen LogP contribution in [0.25, 0.3) is 10.2 Å². The molecule has 0 aliphatic rings. The SMILES string of the molecule is CCCNC(=O)Cn1cnc2sc(C(=O)OCC)c(C)c2c1=O. The highest BCUT2D eigenvalue weighted by Gasteiger charge is 2.20. The zero-order chi connectivity index (χ0) is 17.0. The van der Waals surface area contributed by atoms with Gasteiger partial charge in [-0.1, -0.05) is 6.92 Å². The molecule has 1 N–H and O–H groups in total. The zero-order valence-electron chi connectivity index (χ0n) is 13.3. The first-order valence-corrected chi connectivity index (χ1v) is 8.23. The van der Waals surface area contributed by atoms with Crippen LogP contribution in [0.1, 0.15) is 35.5 Å². The topological polar surface area (TPSA) is 90.3 Å². The number of amides is 1. The maximum Gasteiger partial charge on any atom is 0.348 e. The lowest BCUT2D eigenvalue weighted by molar-refractivity contribution is -0.121. The summed E-state index contributed by atoms with van der Waals surface area (Å²) >= 11 is 1.13. The van der Waals surface area contributed by atoms with Crippen LogP contribution < -0.4 is 10.9 Å². The monoisotopic (exact) mass is 337 g/mol. The van der Waals surface area contributed by atoms with Gasteiger partial charge >= 0.3 is 5.97 Å². The van der Waals surface area contributed by atoms with E-state index in [0.717, 1.165) is 17.8 Å². The number of aromatic nitrogens is 2. The van der Waals surface area contributed by atoms with Crippen LogP contribution in [-0.4, -0.2) is 34.6 Å². The molecule has 0 aromatic carbocycles. The third-order valence-corrected chi connectivity index (χ3v) is 4.44. The Bertz CT molecular complexity index is 794. The molecule has 0 saturated carbocycles. The van der Waals surface area contributed by atoms with Crippen LogP contribution >= 0.6 is 11.3 Å². The number of esters is 1. The van der Waals surface area contributed by atoms with Crippen molar-refractivity contribution in [1.82, 2.24) is 14.9 Å². The van der Waals surface area contributed by atoms with Crippen LogP contribution in [0.5, 0.6) is 0 Å². The van der Waals surface area contributed by atoms with Crippen LogP contribution in [0.4, 0.5) is 0 Å². The summed E-state index contributed by atoms with van der Waals surface area (Å²) in [7, 11) is 0. The molecular weight excluding hydrogens is 318 g/mol. The quantitative estimate of drug-likeness (QED) is 0.806. The van der Waals surface area contributed by atoms with Gasteiger partial charge < -0.3 is 10.1 Å². The Kier molecular flexibility index (Phi) is 5.49. The molecule has 2 aromatic rings. The molecule has 7 nitrogen and oxygen atoms in total. The number of rotatable bonds is 6. The van der Waals surface area contributed by atoms with Crippen LogP contribution in [0, 0.1) is 6.92 Å². The molecule has 0 aliphatic carbocycles. The fourth-order valence-corrected chi connectivity index (χ4v) is 3.17. The molecule has 0 spiro atoms. The summed E-state index contributed by atoms with van der Waals surface area (Å²) in [5.74, 6) is -0.701. The van der Waals surface area contributed by atoms with E-state index < -0.39 is 5.97 Å². The number of thiophene rings is 1. The third kappa shape index (κ3) is 3.58. The van der Waals surface area contributed by atoms with Crippen molar-refractivity contribution in [3.05, 3.63) is 27.1 Å². The number of nitrogens with zero attached hydrogens (tertiary/aromatic N) is 2. The molecule has 1 amide bonds. The summed E-state index contributed by atoms with van der Waals surface area (Å²) < 4.78 is 6.24. The average Bonchev–Trinajstić information content (AvgIpc) is 2.86. The van der Waals surface area contributed by atoms with E-state index in [9.17, 15) is 14.4 Å². The number of fused-ring (bicyclic) bond motifs is 1. The van der Waals surface area contributed by atoms with Gasteiger partial charge in [0.15, 0.2) is 0 Å². The van der Waals surface area contributed by atoms with Crippen LogP contribution in [-0.2, 0) is 16.1 Å². The first kappa shape index (κ1) is 17.1. The van der Waals surface area contributed by atoms with E-state index in [1.807, 2.05) is 6.92 Å². The predicted octanol–water partition coefficient (Wildman–Crippen LogP) is 1.47. The van der Waals surface area contributed by atoms with Crippen molar-refractivity contribution in [2.24, 2.45) is 0 Å². The summed E-state index contributed by atoms with van der Waals surface area (Å²) in [5.41, 5.74) is 0.218. The third-order valence-electron chi connectivity index (χ3n) is 3.26. The van der Waals surface area contributed by atoms with Crippen molar-refractivity contribution in [3.8, 4) is 0 Å². The molecule has 0 saturated heterocycles. The normalized spacial score (nSPS) is 10.7. The Hall–Kier alpha value is -2.22. The van der Waals surface area contributed by atoms with Crippen molar-refractivity contribution < 1.29 is 14.3 Å². The molecule has 0 fully saturated rings. The number of carbonyl (C=O) groups excluding carboxylic acids is 2. The van der Waals surface area contributed by atoms with Crippen LogP contribution in [0.2, 0.25) is 0 Å². The first-order valence-electron chi connectivity index (χ1n) is 7.41. The Morgan fingerprint density at radius 2 is 2.13 bits per heavy atom. The van der Waals surface area contributed by atoms with Gasteiger partial charge in [-0.05, 0) is 25.8 Å². The molecule has 2 heterocycles. The number of aryl methyl sites for hydroxylation is 1. The lowest BCUT2D eigenvalue weighted by atomic mass is 10.2. The molecule has 124 valence electrons. The summed E-state index contributed by atoms with van der Waals surface area (Å²) in [6, 6.07) is 0. The highest BCUT2D eigenvalue weighted by Crippen LogP contribution is 2.27. The van der Waals surface area contributed by atoms with Crippen molar-refractivity contribution in [1.29, 1.82) is 0 Å². The maximum absolute atomic E-state index is 12.5. The number of nitrogens with one attached hydrogen (secondary N) is 1. The fraction of sp³-hybridized carbons (Fsp3) is 0.467. The Morgan fingerprint density at radius 1 is 1.39 bits per heavy atom. The molecule has 0 aliphatic heterocycles. The van der Waals surface area contributed by atoms with Gasteiger partial charge in [-0.15, -0.1) is 11.3 Å². The smallest absolute Gasteiger partial charge is 0.348 e. The van der Waals surface area contributed by atoms with Gasteiger partial charge in [0.2, 0.25) is 5.91 Å². The van der Waals surface area contributed by atoms with Crippen molar-refractivity contribution in [3.63, 3.8) is 0 Å². The molecular formula is C15H19N3O4S. The minimum absolute atomic E-state index is 0.0915. The van der Waals surface area contributed by atoms with Gasteiger partial charge in [0.1, 0.15) is 16.3 Å². The minimum atomic E-state index is -0.459. The fourth-order valence-electron chi connectivity index (χ4n) is 2.14. The van der Waals surface area contributed by atoms with E-state index >= 15 is 0 Å². The summed E-state index contributed by atoms with van der Waals surface area (Å²) in [6.07, 6.45) is 2.16. The standard InChI is InChI=1S/C15H19N3O4S/c1-4-6-16-10(19)7-18-8-17-13-11(14(18)20)9(3)12(23-13)15(21)22-5-2/h8H,4-7H2,1-3H3,(H,16,19). The van der Waals surface area contributed by atoms with Gasteiger partial charge in [0.25, 0.3) is 5.56 Å². The maximum atomic E-state index is 12.5. The molecule has 8 heteroatoms.